The van der Waals surface area contributed by atoms with E-state index in [0.717, 1.165) is 27.8 Å². The van der Waals surface area contributed by atoms with Crippen LogP contribution in [0.2, 0.25) is 5.04 Å². The molecule has 0 aromatic heterocycles. The topological polar surface area (TPSA) is 120 Å². The van der Waals surface area contributed by atoms with E-state index in [1.165, 1.54) is 0 Å². The van der Waals surface area contributed by atoms with Crippen LogP contribution in [0.5, 0.6) is 11.5 Å². The zero-order valence-electron chi connectivity index (χ0n) is 32.0. The molecule has 1 N–H and O–H groups in total. The highest BCUT2D eigenvalue weighted by Crippen LogP contribution is 2.37. The SMILES string of the molecule is COc1ccc(CN2CC[C@@H](C[C@@H](CO[Si](c3ccccc3)(c3ccccc3)C(C)(C)C)NC(=O)[C@@H](Cc3ccccc3)OS(C)(=O)=O)C2=O)c(OC)c1. The lowest BCUT2D eigenvalue weighted by atomic mass is 9.98. The Kier molecular flexibility index (Phi) is 13.4. The molecule has 0 spiro atoms. The van der Waals surface area contributed by atoms with E-state index >= 15 is 0 Å². The Morgan fingerprint density at radius 3 is 2.02 bits per heavy atom. The molecule has 10 nitrogen and oxygen atoms in total. The molecule has 4 aromatic carbocycles. The van der Waals surface area contributed by atoms with Gasteiger partial charge in [-0.05, 0) is 45.9 Å². The second-order valence-electron chi connectivity index (χ2n) is 14.8. The number of carbonyl (C=O) groups is 2. The monoisotopic (exact) mass is 772 g/mol. The number of methoxy groups -OCH3 is 2. The van der Waals surface area contributed by atoms with E-state index < -0.39 is 42.4 Å². The van der Waals surface area contributed by atoms with Gasteiger partial charge in [-0.2, -0.15) is 8.42 Å². The van der Waals surface area contributed by atoms with E-state index in [-0.39, 0.29) is 30.4 Å². The Bertz CT molecular complexity index is 1920. The maximum Gasteiger partial charge on any atom is 0.265 e. The number of carbonyl (C=O) groups excluding carboxylic acids is 2. The van der Waals surface area contributed by atoms with Gasteiger partial charge in [0.2, 0.25) is 5.91 Å². The van der Waals surface area contributed by atoms with Crippen molar-refractivity contribution >= 4 is 40.6 Å². The summed E-state index contributed by atoms with van der Waals surface area (Å²) in [6.45, 7) is 7.51. The summed E-state index contributed by atoms with van der Waals surface area (Å²) in [5.74, 6) is 0.248. The van der Waals surface area contributed by atoms with Crippen molar-refractivity contribution in [1.29, 1.82) is 0 Å². The molecule has 12 heteroatoms. The van der Waals surface area contributed by atoms with Gasteiger partial charge in [0, 0.05) is 37.1 Å². The smallest absolute Gasteiger partial charge is 0.265 e. The minimum Gasteiger partial charge on any atom is -0.497 e. The molecule has 4 aromatic rings. The van der Waals surface area contributed by atoms with Gasteiger partial charge in [0.15, 0.2) is 6.10 Å². The first-order valence-corrected chi connectivity index (χ1v) is 21.9. The summed E-state index contributed by atoms with van der Waals surface area (Å²) in [5, 5.41) is 4.91. The highest BCUT2D eigenvalue weighted by molar-refractivity contribution is 7.86. The van der Waals surface area contributed by atoms with E-state index in [4.69, 9.17) is 18.1 Å². The normalized spacial score (nSPS) is 16.1. The summed E-state index contributed by atoms with van der Waals surface area (Å²) in [5.41, 5.74) is 1.60. The molecule has 1 heterocycles. The van der Waals surface area contributed by atoms with E-state index in [1.807, 2.05) is 83.8 Å². The Labute approximate surface area is 321 Å². The number of rotatable bonds is 17. The van der Waals surface area contributed by atoms with Crippen molar-refractivity contribution in [3.05, 3.63) is 120 Å². The molecule has 0 saturated carbocycles. The number of likely N-dealkylation sites (tertiary alicyclic amines) is 1. The van der Waals surface area contributed by atoms with Crippen LogP contribution in [0, 0.1) is 5.92 Å². The van der Waals surface area contributed by atoms with Gasteiger partial charge in [-0.3, -0.25) is 13.8 Å². The van der Waals surface area contributed by atoms with Crippen molar-refractivity contribution in [2.45, 2.75) is 63.8 Å². The van der Waals surface area contributed by atoms with Crippen LogP contribution >= 0.6 is 0 Å². The van der Waals surface area contributed by atoms with Gasteiger partial charge in [0.25, 0.3) is 24.3 Å². The van der Waals surface area contributed by atoms with Gasteiger partial charge in [-0.1, -0.05) is 112 Å². The number of amides is 2. The predicted octanol–water partition coefficient (Wildman–Crippen LogP) is 5.09. The van der Waals surface area contributed by atoms with Crippen molar-refractivity contribution in [2.24, 2.45) is 5.92 Å². The molecular weight excluding hydrogens is 721 g/mol. The molecule has 0 aliphatic carbocycles. The zero-order chi connectivity index (χ0) is 38.9. The molecular formula is C42H52N2O8SSi. The average molecular weight is 773 g/mol. The summed E-state index contributed by atoms with van der Waals surface area (Å²) < 4.78 is 48.4. The summed E-state index contributed by atoms with van der Waals surface area (Å²) in [4.78, 5) is 30.0. The number of nitrogens with one attached hydrogen (secondary N) is 1. The number of ether oxygens (including phenoxy) is 2. The second kappa shape index (κ2) is 17.8. The minimum atomic E-state index is -3.99. The first-order valence-electron chi connectivity index (χ1n) is 18.2. The van der Waals surface area contributed by atoms with Crippen LogP contribution in [0.4, 0.5) is 0 Å². The lowest BCUT2D eigenvalue weighted by Crippen LogP contribution is -2.67. The van der Waals surface area contributed by atoms with Crippen LogP contribution in [-0.2, 0) is 41.3 Å². The standard InChI is InChI=1S/C42H52N2O8SSi/c1-42(2,3)54(36-18-12-8-13-19-36,37-20-14-9-15-21-37)51-30-34(43-40(45)39(52-53(6,47)48)26-31-16-10-7-11-17-31)27-32-24-25-44(41(32)46)29-33-22-23-35(49-4)28-38(33)50-5/h7-23,28,32,34,39H,24-27,29-30H2,1-6H3,(H,43,45)/t32-,34-,39+/m0/s1. The third-order valence-electron chi connectivity index (χ3n) is 9.94. The molecule has 1 fully saturated rings. The highest BCUT2D eigenvalue weighted by atomic mass is 32.2. The summed E-state index contributed by atoms with van der Waals surface area (Å²) in [6, 6.07) is 34.4. The maximum absolute atomic E-state index is 14.1. The lowest BCUT2D eigenvalue weighted by molar-refractivity contribution is -0.133. The molecule has 54 heavy (non-hydrogen) atoms. The number of hydrogen-bond donors (Lipinski definition) is 1. The Balaban J connectivity index is 1.46. The largest absolute Gasteiger partial charge is 0.497 e. The summed E-state index contributed by atoms with van der Waals surface area (Å²) in [6.07, 6.45) is 0.524. The molecule has 5 rings (SSSR count). The van der Waals surface area contributed by atoms with Crippen molar-refractivity contribution in [3.63, 3.8) is 0 Å². The molecule has 1 aliphatic rings. The molecule has 3 atom stereocenters. The fourth-order valence-corrected chi connectivity index (χ4v) is 12.6. The van der Waals surface area contributed by atoms with Crippen molar-refractivity contribution in [3.8, 4) is 11.5 Å². The predicted molar refractivity (Wildman–Crippen MR) is 213 cm³/mol. The Morgan fingerprint density at radius 1 is 0.889 bits per heavy atom. The third-order valence-corrected chi connectivity index (χ3v) is 15.5. The fraction of sp³-hybridized carbons (Fsp3) is 0.381. The van der Waals surface area contributed by atoms with Crippen LogP contribution < -0.4 is 25.2 Å². The van der Waals surface area contributed by atoms with Crippen LogP contribution in [0.25, 0.3) is 0 Å². The van der Waals surface area contributed by atoms with Gasteiger partial charge in [0.1, 0.15) is 11.5 Å². The first-order chi connectivity index (χ1) is 25.7. The van der Waals surface area contributed by atoms with E-state index in [2.05, 4.69) is 50.4 Å². The molecule has 1 saturated heterocycles. The molecule has 2 amide bonds. The van der Waals surface area contributed by atoms with E-state index in [0.29, 0.717) is 31.0 Å². The van der Waals surface area contributed by atoms with E-state index in [1.54, 1.807) is 20.3 Å². The summed E-state index contributed by atoms with van der Waals surface area (Å²) in [7, 11) is -3.86. The van der Waals surface area contributed by atoms with E-state index in [9.17, 15) is 18.0 Å². The lowest BCUT2D eigenvalue weighted by Gasteiger charge is -2.44. The number of nitrogens with zero attached hydrogens (tertiary/aromatic N) is 1. The van der Waals surface area contributed by atoms with Crippen molar-refractivity contribution in [1.82, 2.24) is 10.2 Å². The van der Waals surface area contributed by atoms with Crippen LogP contribution in [0.15, 0.2) is 109 Å². The van der Waals surface area contributed by atoms with Crippen LogP contribution in [-0.4, -0.2) is 79.2 Å². The van der Waals surface area contributed by atoms with Crippen LogP contribution in [0.3, 0.4) is 0 Å². The Hall–Kier alpha value is -4.49. The molecule has 1 aliphatic heterocycles. The van der Waals surface area contributed by atoms with Gasteiger partial charge in [0.05, 0.1) is 33.1 Å². The minimum absolute atomic E-state index is 0.0363. The average Bonchev–Trinajstić information content (AvgIpc) is 3.49. The first kappa shape index (κ1) is 40.7. The molecule has 0 bridgehead atoms. The number of benzene rings is 4. The van der Waals surface area contributed by atoms with Gasteiger partial charge in [-0.25, -0.2) is 0 Å². The van der Waals surface area contributed by atoms with Gasteiger partial charge in [-0.15, -0.1) is 0 Å². The third kappa shape index (κ3) is 9.97. The molecule has 0 unspecified atom stereocenters. The molecule has 0 radical (unpaired) electrons. The van der Waals surface area contributed by atoms with Gasteiger partial charge >= 0.3 is 0 Å². The van der Waals surface area contributed by atoms with Crippen LogP contribution in [0.1, 0.15) is 44.7 Å². The van der Waals surface area contributed by atoms with Gasteiger partial charge < -0.3 is 24.1 Å². The number of hydrogen-bond acceptors (Lipinski definition) is 8. The molecule has 288 valence electrons. The maximum atomic E-state index is 14.1. The zero-order valence-corrected chi connectivity index (χ0v) is 33.8. The van der Waals surface area contributed by atoms with Crippen molar-refractivity contribution in [2.75, 3.05) is 33.6 Å². The Morgan fingerprint density at radius 2 is 1.48 bits per heavy atom. The summed E-state index contributed by atoms with van der Waals surface area (Å²) >= 11 is 0. The fourth-order valence-electron chi connectivity index (χ4n) is 7.37. The van der Waals surface area contributed by atoms with Crippen molar-refractivity contribution < 1.29 is 36.1 Å². The second-order valence-corrected chi connectivity index (χ2v) is 20.7. The quantitative estimate of drug-likeness (QED) is 0.117. The highest BCUT2D eigenvalue weighted by Gasteiger charge is 2.50.